The van der Waals surface area contributed by atoms with Crippen molar-refractivity contribution in [3.63, 3.8) is 0 Å². The highest BCUT2D eigenvalue weighted by Crippen LogP contribution is 2.34. The Balaban J connectivity index is 1.55. The van der Waals surface area contributed by atoms with E-state index in [1.54, 1.807) is 6.92 Å². The van der Waals surface area contributed by atoms with E-state index in [0.29, 0.717) is 18.0 Å². The van der Waals surface area contributed by atoms with Crippen LogP contribution in [-0.2, 0) is 17.7 Å². The highest BCUT2D eigenvalue weighted by Gasteiger charge is 2.23. The molecule has 0 amide bonds. The molecular weight excluding hydrogens is 450 g/mol. The van der Waals surface area contributed by atoms with Gasteiger partial charge in [-0.2, -0.15) is 0 Å². The number of carbonyl (C=O) groups is 1. The highest BCUT2D eigenvalue weighted by molar-refractivity contribution is 6.03. The average Bonchev–Trinajstić information content (AvgIpc) is 3.54. The van der Waals surface area contributed by atoms with Crippen LogP contribution in [0.1, 0.15) is 58.9 Å². The Hall–Kier alpha value is -3.55. The van der Waals surface area contributed by atoms with Crippen LogP contribution in [-0.4, -0.2) is 40.4 Å². The van der Waals surface area contributed by atoms with Gasteiger partial charge in [0.1, 0.15) is 11.5 Å². The molecule has 2 N–H and O–H groups in total. The Morgan fingerprint density at radius 3 is 2.81 bits per heavy atom. The van der Waals surface area contributed by atoms with Crippen LogP contribution in [0.25, 0.3) is 16.9 Å². The van der Waals surface area contributed by atoms with E-state index >= 15 is 0 Å². The first-order valence-electron chi connectivity index (χ1n) is 12.6. The molecule has 4 aromatic rings. The number of aryl methyl sites for hydroxylation is 1. The molecule has 1 aromatic carbocycles. The molecule has 186 valence electrons. The molecule has 0 radical (unpaired) electrons. The molecular formula is C29H33N5O2. The van der Waals surface area contributed by atoms with Crippen LogP contribution in [0.4, 0.5) is 11.5 Å². The summed E-state index contributed by atoms with van der Waals surface area (Å²) in [6.07, 6.45) is 5.66. The van der Waals surface area contributed by atoms with Crippen molar-refractivity contribution in [2.24, 2.45) is 0 Å². The molecule has 7 nitrogen and oxygen atoms in total. The third-order valence-corrected chi connectivity index (χ3v) is 6.95. The van der Waals surface area contributed by atoms with Gasteiger partial charge < -0.3 is 15.4 Å². The largest absolute Gasteiger partial charge is 0.381 e. The summed E-state index contributed by atoms with van der Waals surface area (Å²) in [6, 6.07) is 12.3. The molecule has 0 aliphatic carbocycles. The standard InChI is InChI=1S/C29H33N5O2/c1-5-21-23(26-16-31-28-14-18(2)10-12-34(26)28)6-8-24(29(21)19(3)35)32-27-9-7-22(20-11-13-36-17-20)25(33-27)15-30-4/h6-10,12,14,16,20,30H,5,11,13,15,17H2,1-4H3,(H,32,33)/t20-/m1/s1. The van der Waals surface area contributed by atoms with Crippen molar-refractivity contribution >= 4 is 22.9 Å². The minimum Gasteiger partial charge on any atom is -0.381 e. The Kier molecular flexibility index (Phi) is 6.85. The summed E-state index contributed by atoms with van der Waals surface area (Å²) in [5, 5.41) is 6.68. The molecule has 36 heavy (non-hydrogen) atoms. The predicted octanol–water partition coefficient (Wildman–Crippen LogP) is 5.44. The van der Waals surface area contributed by atoms with Crippen LogP contribution in [0, 0.1) is 6.92 Å². The Morgan fingerprint density at radius 2 is 2.08 bits per heavy atom. The molecule has 3 aromatic heterocycles. The van der Waals surface area contributed by atoms with E-state index in [1.807, 2.05) is 31.6 Å². The van der Waals surface area contributed by atoms with Gasteiger partial charge in [-0.25, -0.2) is 9.97 Å². The molecule has 5 rings (SSSR count). The highest BCUT2D eigenvalue weighted by atomic mass is 16.5. The second kappa shape index (κ2) is 10.2. The van der Waals surface area contributed by atoms with Crippen LogP contribution in [0.5, 0.6) is 0 Å². The zero-order valence-corrected chi connectivity index (χ0v) is 21.4. The topological polar surface area (TPSA) is 80.6 Å². The smallest absolute Gasteiger partial charge is 0.162 e. The molecule has 0 saturated carbocycles. The van der Waals surface area contributed by atoms with Crippen LogP contribution in [0.2, 0.25) is 0 Å². The van der Waals surface area contributed by atoms with Crippen molar-refractivity contribution < 1.29 is 9.53 Å². The molecule has 0 bridgehead atoms. The van der Waals surface area contributed by atoms with Gasteiger partial charge in [0.05, 0.1) is 29.9 Å². The number of pyridine rings is 2. The lowest BCUT2D eigenvalue weighted by Gasteiger charge is -2.19. The molecule has 0 spiro atoms. The van der Waals surface area contributed by atoms with Crippen LogP contribution >= 0.6 is 0 Å². The van der Waals surface area contributed by atoms with Crippen LogP contribution in [0.15, 0.2) is 48.8 Å². The molecule has 4 heterocycles. The molecule has 0 unspecified atom stereocenters. The molecule has 1 saturated heterocycles. The average molecular weight is 484 g/mol. The lowest BCUT2D eigenvalue weighted by Crippen LogP contribution is -2.14. The number of nitrogens with zero attached hydrogens (tertiary/aromatic N) is 3. The minimum absolute atomic E-state index is 0.0241. The lowest BCUT2D eigenvalue weighted by atomic mass is 9.93. The first-order valence-corrected chi connectivity index (χ1v) is 12.6. The molecule has 1 fully saturated rings. The van der Waals surface area contributed by atoms with Gasteiger partial charge in [0, 0.05) is 36.4 Å². The normalized spacial score (nSPS) is 15.5. The van der Waals surface area contributed by atoms with Gasteiger partial charge in [-0.05, 0) is 74.7 Å². The second-order valence-corrected chi connectivity index (χ2v) is 9.45. The number of Topliss-reactive ketones (excluding diaryl/α,β-unsaturated/α-hetero) is 1. The number of rotatable bonds is 8. The summed E-state index contributed by atoms with van der Waals surface area (Å²) in [5.41, 5.74) is 8.77. The monoisotopic (exact) mass is 483 g/mol. The number of carbonyl (C=O) groups excluding carboxylic acids is 1. The Morgan fingerprint density at radius 1 is 1.22 bits per heavy atom. The fourth-order valence-electron chi connectivity index (χ4n) is 5.22. The Bertz CT molecular complexity index is 1420. The number of nitrogens with one attached hydrogen (secondary N) is 2. The predicted molar refractivity (Wildman–Crippen MR) is 143 cm³/mol. The van der Waals surface area contributed by atoms with E-state index in [2.05, 4.69) is 58.1 Å². The number of ketones is 1. The maximum atomic E-state index is 13.0. The summed E-state index contributed by atoms with van der Waals surface area (Å²) in [7, 11) is 1.93. The summed E-state index contributed by atoms with van der Waals surface area (Å²) in [6.45, 7) is 7.99. The van der Waals surface area contributed by atoms with E-state index in [9.17, 15) is 4.79 Å². The van der Waals surface area contributed by atoms with Crippen molar-refractivity contribution in [1.82, 2.24) is 19.7 Å². The summed E-state index contributed by atoms with van der Waals surface area (Å²) in [4.78, 5) is 22.5. The van der Waals surface area contributed by atoms with Crippen molar-refractivity contribution in [1.29, 1.82) is 0 Å². The van der Waals surface area contributed by atoms with Crippen molar-refractivity contribution in [2.75, 3.05) is 25.6 Å². The van der Waals surface area contributed by atoms with Gasteiger partial charge in [-0.1, -0.05) is 19.1 Å². The van der Waals surface area contributed by atoms with Crippen molar-refractivity contribution in [3.8, 4) is 11.3 Å². The third kappa shape index (κ3) is 4.52. The fourth-order valence-corrected chi connectivity index (χ4v) is 5.22. The molecule has 7 heteroatoms. The number of fused-ring (bicyclic) bond motifs is 1. The van der Waals surface area contributed by atoms with Gasteiger partial charge in [-0.15, -0.1) is 0 Å². The number of ether oxygens (including phenoxy) is 1. The van der Waals surface area contributed by atoms with E-state index in [4.69, 9.17) is 9.72 Å². The Labute approximate surface area is 211 Å². The van der Waals surface area contributed by atoms with E-state index in [-0.39, 0.29) is 5.78 Å². The number of anilines is 2. The number of hydrogen-bond donors (Lipinski definition) is 2. The minimum atomic E-state index is 0.0241. The summed E-state index contributed by atoms with van der Waals surface area (Å²) < 4.78 is 7.68. The lowest BCUT2D eigenvalue weighted by molar-refractivity contribution is 0.101. The second-order valence-electron chi connectivity index (χ2n) is 9.45. The van der Waals surface area contributed by atoms with Gasteiger partial charge in [0.25, 0.3) is 0 Å². The summed E-state index contributed by atoms with van der Waals surface area (Å²) >= 11 is 0. The van der Waals surface area contributed by atoms with Crippen molar-refractivity contribution in [2.45, 2.75) is 46.1 Å². The maximum absolute atomic E-state index is 13.0. The SMILES string of the molecule is CCc1c(-c2cnc3cc(C)ccn23)ccc(Nc2ccc([C@@H]3CCOC3)c(CNC)n2)c1C(C)=O. The van der Waals surface area contributed by atoms with E-state index in [1.165, 1.54) is 5.56 Å². The number of benzene rings is 1. The summed E-state index contributed by atoms with van der Waals surface area (Å²) in [5.74, 6) is 1.13. The van der Waals surface area contributed by atoms with Gasteiger partial charge in [0.2, 0.25) is 0 Å². The zero-order valence-electron chi connectivity index (χ0n) is 21.4. The fraction of sp³-hybridized carbons (Fsp3) is 0.345. The van der Waals surface area contributed by atoms with Crippen LogP contribution < -0.4 is 10.6 Å². The quantitative estimate of drug-likeness (QED) is 0.325. The van der Waals surface area contributed by atoms with E-state index < -0.39 is 0 Å². The number of aromatic nitrogens is 3. The first-order chi connectivity index (χ1) is 17.5. The number of imidazole rings is 1. The molecule has 1 aliphatic heterocycles. The van der Waals surface area contributed by atoms with Gasteiger partial charge in [0.15, 0.2) is 5.78 Å². The maximum Gasteiger partial charge on any atom is 0.162 e. The number of hydrogen-bond acceptors (Lipinski definition) is 6. The van der Waals surface area contributed by atoms with Crippen molar-refractivity contribution in [3.05, 3.63) is 76.7 Å². The van der Waals surface area contributed by atoms with Gasteiger partial charge >= 0.3 is 0 Å². The zero-order chi connectivity index (χ0) is 25.2. The van der Waals surface area contributed by atoms with Gasteiger partial charge in [-0.3, -0.25) is 9.20 Å². The van der Waals surface area contributed by atoms with E-state index in [0.717, 1.165) is 71.3 Å². The molecule has 1 aliphatic rings. The van der Waals surface area contributed by atoms with Crippen LogP contribution in [0.3, 0.4) is 0 Å². The molecule has 1 atom stereocenters. The third-order valence-electron chi connectivity index (χ3n) is 6.95. The first kappa shape index (κ1) is 24.2.